The third-order valence-corrected chi connectivity index (χ3v) is 4.93. The minimum absolute atomic E-state index is 0.0466. The van der Waals surface area contributed by atoms with E-state index >= 15 is 0 Å². The number of para-hydroxylation sites is 2. The summed E-state index contributed by atoms with van der Waals surface area (Å²) in [5, 5.41) is 8.15. The van der Waals surface area contributed by atoms with Crippen LogP contribution in [0.5, 0.6) is 5.75 Å². The van der Waals surface area contributed by atoms with Gasteiger partial charge >= 0.3 is 0 Å². The number of carbonyl (C=O) groups is 1. The summed E-state index contributed by atoms with van der Waals surface area (Å²) >= 11 is 0. The molecule has 4 rings (SSSR count). The quantitative estimate of drug-likeness (QED) is 0.709. The number of aryl methyl sites for hydroxylation is 1. The van der Waals surface area contributed by atoms with E-state index in [4.69, 9.17) is 4.74 Å². The predicted octanol–water partition coefficient (Wildman–Crippen LogP) is 1.13. The number of ether oxygens (including phenoxy) is 1. The average molecular weight is 381 g/mol. The molecule has 1 aromatic carbocycles. The fraction of sp³-hybridized carbons (Fsp3) is 0.368. The third-order valence-electron chi connectivity index (χ3n) is 4.93. The standard InChI is InChI=1S/C19H23N7O2/c1-24-18-14(11-22-24)19(21-13-20-18)26-9-7-25(8-10-26)12-17(27)23-15-5-3-4-6-16(15)28-2/h3-6,11,13H,7-10,12H2,1-2H3,(H,23,27). The Morgan fingerprint density at radius 2 is 1.96 bits per heavy atom. The zero-order chi connectivity index (χ0) is 19.5. The Kier molecular flexibility index (Phi) is 5.07. The number of carbonyl (C=O) groups excluding carboxylic acids is 1. The molecule has 3 heterocycles. The highest BCUT2D eigenvalue weighted by atomic mass is 16.5. The first-order valence-corrected chi connectivity index (χ1v) is 9.18. The zero-order valence-electron chi connectivity index (χ0n) is 16.0. The van der Waals surface area contributed by atoms with Crippen LogP contribution in [-0.2, 0) is 11.8 Å². The second-order valence-electron chi connectivity index (χ2n) is 6.71. The number of piperazine rings is 1. The summed E-state index contributed by atoms with van der Waals surface area (Å²) in [5.41, 5.74) is 1.51. The van der Waals surface area contributed by atoms with E-state index < -0.39 is 0 Å². The molecule has 1 saturated heterocycles. The number of hydrogen-bond acceptors (Lipinski definition) is 7. The molecular weight excluding hydrogens is 358 g/mol. The zero-order valence-corrected chi connectivity index (χ0v) is 16.0. The molecule has 146 valence electrons. The van der Waals surface area contributed by atoms with Crippen molar-refractivity contribution in [3.63, 3.8) is 0 Å². The van der Waals surface area contributed by atoms with Gasteiger partial charge in [-0.1, -0.05) is 12.1 Å². The van der Waals surface area contributed by atoms with Crippen LogP contribution in [0.1, 0.15) is 0 Å². The van der Waals surface area contributed by atoms with Gasteiger partial charge in [0.15, 0.2) is 5.65 Å². The van der Waals surface area contributed by atoms with Gasteiger partial charge in [0.2, 0.25) is 5.91 Å². The number of aromatic nitrogens is 4. The molecule has 0 radical (unpaired) electrons. The molecule has 0 atom stereocenters. The van der Waals surface area contributed by atoms with Gasteiger partial charge in [0.1, 0.15) is 17.9 Å². The number of fused-ring (bicyclic) bond motifs is 1. The number of rotatable bonds is 5. The van der Waals surface area contributed by atoms with E-state index in [0.29, 0.717) is 18.0 Å². The number of hydrogen-bond donors (Lipinski definition) is 1. The fourth-order valence-corrected chi connectivity index (χ4v) is 3.46. The Bertz CT molecular complexity index is 979. The monoisotopic (exact) mass is 381 g/mol. The summed E-state index contributed by atoms with van der Waals surface area (Å²) in [6, 6.07) is 7.41. The van der Waals surface area contributed by atoms with Crippen molar-refractivity contribution in [2.24, 2.45) is 7.05 Å². The van der Waals surface area contributed by atoms with E-state index in [-0.39, 0.29) is 5.91 Å². The lowest BCUT2D eigenvalue weighted by atomic mass is 10.2. The number of benzene rings is 1. The van der Waals surface area contributed by atoms with Crippen LogP contribution in [0.4, 0.5) is 11.5 Å². The van der Waals surface area contributed by atoms with E-state index in [2.05, 4.69) is 30.2 Å². The molecule has 9 heteroatoms. The van der Waals surface area contributed by atoms with Gasteiger partial charge in [0.25, 0.3) is 0 Å². The van der Waals surface area contributed by atoms with Crippen LogP contribution in [0.25, 0.3) is 11.0 Å². The van der Waals surface area contributed by atoms with Crippen LogP contribution < -0.4 is 15.0 Å². The third kappa shape index (κ3) is 3.61. The van der Waals surface area contributed by atoms with Crippen LogP contribution in [-0.4, -0.2) is 70.4 Å². The topological polar surface area (TPSA) is 88.4 Å². The summed E-state index contributed by atoms with van der Waals surface area (Å²) in [7, 11) is 3.47. The minimum Gasteiger partial charge on any atom is -0.495 e. The number of anilines is 2. The van der Waals surface area contributed by atoms with Crippen LogP contribution in [0.2, 0.25) is 0 Å². The molecule has 9 nitrogen and oxygen atoms in total. The molecule has 2 aromatic heterocycles. The van der Waals surface area contributed by atoms with E-state index in [1.54, 1.807) is 24.3 Å². The molecule has 0 spiro atoms. The van der Waals surface area contributed by atoms with Crippen molar-refractivity contribution in [2.75, 3.05) is 50.1 Å². The molecule has 0 saturated carbocycles. The molecule has 28 heavy (non-hydrogen) atoms. The largest absolute Gasteiger partial charge is 0.495 e. The molecule has 0 bridgehead atoms. The average Bonchev–Trinajstić information content (AvgIpc) is 3.10. The Morgan fingerprint density at radius 1 is 1.18 bits per heavy atom. The van der Waals surface area contributed by atoms with Gasteiger partial charge in [-0.15, -0.1) is 0 Å². The lowest BCUT2D eigenvalue weighted by molar-refractivity contribution is -0.117. The van der Waals surface area contributed by atoms with Crippen LogP contribution in [0.3, 0.4) is 0 Å². The molecule has 3 aromatic rings. The van der Waals surface area contributed by atoms with Gasteiger partial charge in [0.05, 0.1) is 30.9 Å². The highest BCUT2D eigenvalue weighted by Crippen LogP contribution is 2.24. The van der Waals surface area contributed by atoms with Gasteiger partial charge in [0, 0.05) is 33.2 Å². The van der Waals surface area contributed by atoms with Crippen molar-refractivity contribution < 1.29 is 9.53 Å². The van der Waals surface area contributed by atoms with E-state index in [0.717, 1.165) is 43.0 Å². The lowest BCUT2D eigenvalue weighted by Gasteiger charge is -2.35. The minimum atomic E-state index is -0.0466. The first-order chi connectivity index (χ1) is 13.7. The Labute approximate surface area is 162 Å². The molecule has 1 N–H and O–H groups in total. The SMILES string of the molecule is COc1ccccc1NC(=O)CN1CCN(c2ncnc3c2cnn3C)CC1. The lowest BCUT2D eigenvalue weighted by Crippen LogP contribution is -2.49. The maximum Gasteiger partial charge on any atom is 0.238 e. The van der Waals surface area contributed by atoms with Gasteiger partial charge in [-0.05, 0) is 12.1 Å². The molecule has 0 unspecified atom stereocenters. The molecule has 1 aliphatic heterocycles. The number of nitrogens with one attached hydrogen (secondary N) is 1. The Morgan fingerprint density at radius 3 is 2.75 bits per heavy atom. The fourth-order valence-electron chi connectivity index (χ4n) is 3.46. The van der Waals surface area contributed by atoms with Gasteiger partial charge < -0.3 is 15.0 Å². The van der Waals surface area contributed by atoms with Crippen molar-refractivity contribution in [1.29, 1.82) is 0 Å². The van der Waals surface area contributed by atoms with Crippen LogP contribution in [0.15, 0.2) is 36.8 Å². The smallest absolute Gasteiger partial charge is 0.238 e. The van der Waals surface area contributed by atoms with Gasteiger partial charge in [-0.25, -0.2) is 9.97 Å². The summed E-state index contributed by atoms with van der Waals surface area (Å²) in [5.74, 6) is 1.51. The summed E-state index contributed by atoms with van der Waals surface area (Å²) in [6.45, 7) is 3.50. The van der Waals surface area contributed by atoms with Crippen molar-refractivity contribution >= 4 is 28.4 Å². The summed E-state index contributed by atoms with van der Waals surface area (Å²) in [4.78, 5) is 25.5. The number of amides is 1. The second kappa shape index (κ2) is 7.81. The van der Waals surface area contributed by atoms with Crippen molar-refractivity contribution in [3.8, 4) is 5.75 Å². The highest BCUT2D eigenvalue weighted by Gasteiger charge is 2.22. The maximum atomic E-state index is 12.4. The molecular formula is C19H23N7O2. The highest BCUT2D eigenvalue weighted by molar-refractivity contribution is 5.93. The predicted molar refractivity (Wildman–Crippen MR) is 107 cm³/mol. The first kappa shape index (κ1) is 18.2. The molecule has 1 fully saturated rings. The van der Waals surface area contributed by atoms with Crippen molar-refractivity contribution in [3.05, 3.63) is 36.8 Å². The Balaban J connectivity index is 1.36. The number of nitrogens with zero attached hydrogens (tertiary/aromatic N) is 6. The van der Waals surface area contributed by atoms with Crippen LogP contribution in [0, 0.1) is 0 Å². The van der Waals surface area contributed by atoms with E-state index in [1.165, 1.54) is 0 Å². The summed E-state index contributed by atoms with van der Waals surface area (Å²) in [6.07, 6.45) is 3.38. The molecule has 1 aliphatic rings. The number of methoxy groups -OCH3 is 1. The second-order valence-corrected chi connectivity index (χ2v) is 6.71. The Hall–Kier alpha value is -3.20. The first-order valence-electron chi connectivity index (χ1n) is 9.18. The molecule has 0 aliphatic carbocycles. The maximum absolute atomic E-state index is 12.4. The summed E-state index contributed by atoms with van der Waals surface area (Å²) < 4.78 is 7.03. The van der Waals surface area contributed by atoms with Crippen molar-refractivity contribution in [2.45, 2.75) is 0 Å². The molecule has 1 amide bonds. The van der Waals surface area contributed by atoms with Gasteiger partial charge in [-0.3, -0.25) is 14.4 Å². The normalized spacial score (nSPS) is 15.0. The van der Waals surface area contributed by atoms with Gasteiger partial charge in [-0.2, -0.15) is 5.10 Å². The van der Waals surface area contributed by atoms with Crippen LogP contribution >= 0.6 is 0 Å². The van der Waals surface area contributed by atoms with E-state index in [9.17, 15) is 4.79 Å². The van der Waals surface area contributed by atoms with Crippen molar-refractivity contribution in [1.82, 2.24) is 24.6 Å². The van der Waals surface area contributed by atoms with E-state index in [1.807, 2.05) is 31.3 Å².